The monoisotopic (exact) mass is 493 g/mol. The molecule has 1 atom stereocenters. The molecule has 156 valence electrons. The van der Waals surface area contributed by atoms with Crippen LogP contribution in [0.15, 0.2) is 4.99 Å². The molecule has 2 aliphatic rings. The highest BCUT2D eigenvalue weighted by atomic mass is 127. The number of rotatable bonds is 7. The summed E-state index contributed by atoms with van der Waals surface area (Å²) >= 11 is 0. The Hall–Kier alpha value is -1.06. The molecule has 0 radical (unpaired) electrons. The summed E-state index contributed by atoms with van der Waals surface area (Å²) in [4.78, 5) is 30.4. The van der Waals surface area contributed by atoms with Gasteiger partial charge in [-0.2, -0.15) is 0 Å². The predicted octanol–water partition coefficient (Wildman–Crippen LogP) is 1.87. The number of amides is 2. The lowest BCUT2D eigenvalue weighted by Crippen LogP contribution is -2.45. The van der Waals surface area contributed by atoms with Gasteiger partial charge in [0.25, 0.3) is 0 Å². The number of aliphatic imine (C=N–C) groups is 1. The number of hydrogen-bond acceptors (Lipinski definition) is 3. The zero-order valence-corrected chi connectivity index (χ0v) is 19.1. The van der Waals surface area contributed by atoms with E-state index in [1.54, 1.807) is 0 Å². The second-order valence-electron chi connectivity index (χ2n) is 7.21. The molecule has 1 saturated heterocycles. The molecule has 2 rings (SSSR count). The van der Waals surface area contributed by atoms with Gasteiger partial charge in [0.15, 0.2) is 5.96 Å². The van der Waals surface area contributed by atoms with Crippen LogP contribution in [0.3, 0.4) is 0 Å². The molecule has 1 saturated carbocycles. The molecular weight excluding hydrogens is 457 g/mol. The van der Waals surface area contributed by atoms with Crippen LogP contribution in [0.1, 0.15) is 58.8 Å². The van der Waals surface area contributed by atoms with Gasteiger partial charge in [0.1, 0.15) is 0 Å². The van der Waals surface area contributed by atoms with Crippen molar-refractivity contribution >= 4 is 41.8 Å². The minimum atomic E-state index is 0. The fraction of sp³-hybridized carbons (Fsp3) is 0.842. The second kappa shape index (κ2) is 13.2. The Labute approximate surface area is 180 Å². The highest BCUT2D eigenvalue weighted by Gasteiger charge is 2.25. The largest absolute Gasteiger partial charge is 0.357 e. The molecule has 0 aromatic rings. The number of nitrogens with zero attached hydrogens (tertiary/aromatic N) is 2. The maximum atomic E-state index is 12.1. The summed E-state index contributed by atoms with van der Waals surface area (Å²) in [5.41, 5.74) is 0. The maximum absolute atomic E-state index is 12.1. The van der Waals surface area contributed by atoms with Gasteiger partial charge in [-0.1, -0.05) is 26.2 Å². The number of nitrogens with one attached hydrogen (secondary N) is 3. The molecule has 7 nitrogen and oxygen atoms in total. The van der Waals surface area contributed by atoms with Crippen LogP contribution >= 0.6 is 24.0 Å². The number of likely N-dealkylation sites (tertiary alicyclic amines) is 1. The third kappa shape index (κ3) is 8.23. The lowest BCUT2D eigenvalue weighted by molar-refractivity contribution is -0.129. The summed E-state index contributed by atoms with van der Waals surface area (Å²) in [6.07, 6.45) is 7.14. The Balaban J connectivity index is 0.00000364. The van der Waals surface area contributed by atoms with Crippen molar-refractivity contribution in [2.24, 2.45) is 10.9 Å². The molecule has 1 unspecified atom stereocenters. The topological polar surface area (TPSA) is 85.8 Å². The second-order valence-corrected chi connectivity index (χ2v) is 7.21. The van der Waals surface area contributed by atoms with E-state index < -0.39 is 0 Å². The molecule has 1 aliphatic carbocycles. The van der Waals surface area contributed by atoms with Crippen molar-refractivity contribution < 1.29 is 9.59 Å². The van der Waals surface area contributed by atoms with E-state index in [2.05, 4.69) is 20.9 Å². The minimum Gasteiger partial charge on any atom is -0.357 e. The number of halogens is 1. The molecule has 2 fully saturated rings. The van der Waals surface area contributed by atoms with E-state index in [0.717, 1.165) is 44.9 Å². The fourth-order valence-corrected chi connectivity index (χ4v) is 3.70. The van der Waals surface area contributed by atoms with Crippen LogP contribution in [0, 0.1) is 5.92 Å². The molecule has 0 aromatic carbocycles. The van der Waals surface area contributed by atoms with Crippen molar-refractivity contribution in [3.8, 4) is 0 Å². The highest BCUT2D eigenvalue weighted by Crippen LogP contribution is 2.23. The van der Waals surface area contributed by atoms with Gasteiger partial charge in [0, 0.05) is 44.6 Å². The van der Waals surface area contributed by atoms with Gasteiger partial charge in [-0.05, 0) is 26.2 Å². The van der Waals surface area contributed by atoms with E-state index in [-0.39, 0.29) is 47.8 Å². The predicted molar refractivity (Wildman–Crippen MR) is 119 cm³/mol. The zero-order chi connectivity index (χ0) is 18.8. The first-order valence-electron chi connectivity index (χ1n) is 10.2. The Morgan fingerprint density at radius 2 is 1.81 bits per heavy atom. The first-order chi connectivity index (χ1) is 12.6. The van der Waals surface area contributed by atoms with Gasteiger partial charge < -0.3 is 20.9 Å². The number of hydrogen-bond donors (Lipinski definition) is 3. The standard InChI is InChI=1S/C19H35N5O2.HI/c1-3-17(25)24-13-10-16(14-24)23-19(20-4-2)22-12-11-21-18(26)15-8-6-5-7-9-15;/h15-16H,3-14H2,1-2H3,(H,21,26)(H2,20,22,23);1H. The maximum Gasteiger partial charge on any atom is 0.223 e. The van der Waals surface area contributed by atoms with Crippen LogP contribution in [0.2, 0.25) is 0 Å². The highest BCUT2D eigenvalue weighted by molar-refractivity contribution is 14.0. The van der Waals surface area contributed by atoms with E-state index in [0.29, 0.717) is 19.5 Å². The first kappa shape index (κ1) is 24.0. The molecule has 1 aliphatic heterocycles. The molecular formula is C19H36IN5O2. The summed E-state index contributed by atoms with van der Waals surface area (Å²) in [5.74, 6) is 1.35. The Bertz CT molecular complexity index is 494. The SMILES string of the molecule is CCNC(=NCCNC(=O)C1CCCCC1)NC1CCN(C(=O)CC)C1.I. The van der Waals surface area contributed by atoms with E-state index in [9.17, 15) is 9.59 Å². The summed E-state index contributed by atoms with van der Waals surface area (Å²) in [7, 11) is 0. The van der Waals surface area contributed by atoms with Gasteiger partial charge in [0.2, 0.25) is 11.8 Å². The third-order valence-electron chi connectivity index (χ3n) is 5.19. The number of guanidine groups is 1. The molecule has 0 aromatic heterocycles. The number of carbonyl (C=O) groups excluding carboxylic acids is 2. The van der Waals surface area contributed by atoms with Crippen LogP contribution in [0.25, 0.3) is 0 Å². The van der Waals surface area contributed by atoms with Crippen LogP contribution in [0.4, 0.5) is 0 Å². The van der Waals surface area contributed by atoms with Crippen LogP contribution in [0.5, 0.6) is 0 Å². The van der Waals surface area contributed by atoms with Crippen molar-refractivity contribution in [1.29, 1.82) is 0 Å². The molecule has 0 spiro atoms. The van der Waals surface area contributed by atoms with E-state index in [1.807, 2.05) is 18.7 Å². The first-order valence-corrected chi connectivity index (χ1v) is 10.2. The quantitative estimate of drug-likeness (QED) is 0.219. The Morgan fingerprint density at radius 1 is 1.07 bits per heavy atom. The van der Waals surface area contributed by atoms with E-state index in [4.69, 9.17) is 0 Å². The fourth-order valence-electron chi connectivity index (χ4n) is 3.70. The van der Waals surface area contributed by atoms with Crippen molar-refractivity contribution in [2.45, 2.75) is 64.8 Å². The molecule has 8 heteroatoms. The van der Waals surface area contributed by atoms with Crippen LogP contribution in [-0.4, -0.2) is 61.4 Å². The number of carbonyl (C=O) groups is 2. The third-order valence-corrected chi connectivity index (χ3v) is 5.19. The Kier molecular flexibility index (Phi) is 11.7. The molecule has 3 N–H and O–H groups in total. The van der Waals surface area contributed by atoms with Gasteiger partial charge in [0.05, 0.1) is 6.54 Å². The zero-order valence-electron chi connectivity index (χ0n) is 16.8. The molecule has 27 heavy (non-hydrogen) atoms. The van der Waals surface area contributed by atoms with Gasteiger partial charge >= 0.3 is 0 Å². The van der Waals surface area contributed by atoms with Gasteiger partial charge in [-0.15, -0.1) is 24.0 Å². The van der Waals surface area contributed by atoms with Crippen molar-refractivity contribution in [1.82, 2.24) is 20.9 Å². The summed E-state index contributed by atoms with van der Waals surface area (Å²) < 4.78 is 0. The lowest BCUT2D eigenvalue weighted by Gasteiger charge is -2.20. The van der Waals surface area contributed by atoms with E-state index >= 15 is 0 Å². The van der Waals surface area contributed by atoms with E-state index in [1.165, 1.54) is 19.3 Å². The van der Waals surface area contributed by atoms with Crippen LogP contribution < -0.4 is 16.0 Å². The average molecular weight is 493 g/mol. The smallest absolute Gasteiger partial charge is 0.223 e. The summed E-state index contributed by atoms with van der Waals surface area (Å²) in [6, 6.07) is 0.236. The minimum absolute atomic E-state index is 0. The Morgan fingerprint density at radius 3 is 2.48 bits per heavy atom. The van der Waals surface area contributed by atoms with Gasteiger partial charge in [-0.3, -0.25) is 14.6 Å². The van der Waals surface area contributed by atoms with Gasteiger partial charge in [-0.25, -0.2) is 0 Å². The molecule has 1 heterocycles. The molecule has 2 amide bonds. The normalized spacial score (nSPS) is 20.7. The summed E-state index contributed by atoms with van der Waals surface area (Å²) in [6.45, 7) is 7.37. The van der Waals surface area contributed by atoms with Crippen LogP contribution in [-0.2, 0) is 9.59 Å². The van der Waals surface area contributed by atoms with Crippen molar-refractivity contribution in [3.63, 3.8) is 0 Å². The summed E-state index contributed by atoms with van der Waals surface area (Å²) in [5, 5.41) is 9.67. The average Bonchev–Trinajstić information content (AvgIpc) is 3.13. The molecule has 0 bridgehead atoms. The lowest BCUT2D eigenvalue weighted by atomic mass is 9.89. The van der Waals surface area contributed by atoms with Crippen molar-refractivity contribution in [2.75, 3.05) is 32.7 Å². The van der Waals surface area contributed by atoms with Crippen molar-refractivity contribution in [3.05, 3.63) is 0 Å².